The van der Waals surface area contributed by atoms with Gasteiger partial charge in [-0.25, -0.2) is 0 Å². The van der Waals surface area contributed by atoms with Crippen LogP contribution in [0.1, 0.15) is 49.8 Å². The van der Waals surface area contributed by atoms with Gasteiger partial charge in [-0.05, 0) is 42.9 Å². The Balaban J connectivity index is 1.72. The van der Waals surface area contributed by atoms with Crippen LogP contribution >= 0.6 is 0 Å². The molecule has 1 N–H and O–H groups in total. The summed E-state index contributed by atoms with van der Waals surface area (Å²) in [4.78, 5) is 0. The van der Waals surface area contributed by atoms with Gasteiger partial charge < -0.3 is 10.1 Å². The SMILES string of the molecule is CCC(NC1CC=CCC1)c1ccc2c(c1)CCO2. The zero-order chi connectivity index (χ0) is 13.1. The average molecular weight is 257 g/mol. The molecule has 1 aliphatic heterocycles. The lowest BCUT2D eigenvalue weighted by Gasteiger charge is -2.26. The molecule has 0 aromatic heterocycles. The van der Waals surface area contributed by atoms with E-state index in [4.69, 9.17) is 4.74 Å². The molecule has 1 aliphatic carbocycles. The Morgan fingerprint density at radius 2 is 2.32 bits per heavy atom. The summed E-state index contributed by atoms with van der Waals surface area (Å²) in [6.07, 6.45) is 10.5. The molecule has 0 spiro atoms. The van der Waals surface area contributed by atoms with E-state index in [1.807, 2.05) is 0 Å². The zero-order valence-corrected chi connectivity index (χ0v) is 11.7. The number of ether oxygens (including phenoxy) is 1. The summed E-state index contributed by atoms with van der Waals surface area (Å²) in [6, 6.07) is 7.82. The molecule has 0 fully saturated rings. The van der Waals surface area contributed by atoms with E-state index in [-0.39, 0.29) is 0 Å². The molecule has 102 valence electrons. The van der Waals surface area contributed by atoms with E-state index in [1.54, 1.807) is 0 Å². The fourth-order valence-corrected chi connectivity index (χ4v) is 3.10. The van der Waals surface area contributed by atoms with Crippen molar-refractivity contribution in [1.82, 2.24) is 5.32 Å². The maximum absolute atomic E-state index is 5.59. The first-order valence-corrected chi connectivity index (χ1v) is 7.53. The fraction of sp³-hybridized carbons (Fsp3) is 0.529. The van der Waals surface area contributed by atoms with Gasteiger partial charge in [0.15, 0.2) is 0 Å². The van der Waals surface area contributed by atoms with Crippen LogP contribution in [0.2, 0.25) is 0 Å². The molecule has 2 heteroatoms. The molecule has 1 heterocycles. The molecule has 0 amide bonds. The van der Waals surface area contributed by atoms with Crippen LogP contribution < -0.4 is 10.1 Å². The van der Waals surface area contributed by atoms with Gasteiger partial charge in [0.05, 0.1) is 6.61 Å². The smallest absolute Gasteiger partial charge is 0.122 e. The third-order valence-corrected chi connectivity index (χ3v) is 4.23. The van der Waals surface area contributed by atoms with Crippen LogP contribution in [0.15, 0.2) is 30.4 Å². The lowest BCUT2D eigenvalue weighted by molar-refractivity contribution is 0.356. The van der Waals surface area contributed by atoms with Crippen molar-refractivity contribution < 1.29 is 4.74 Å². The highest BCUT2D eigenvalue weighted by Gasteiger charge is 2.19. The third-order valence-electron chi connectivity index (χ3n) is 4.23. The molecule has 3 rings (SSSR count). The normalized spacial score (nSPS) is 22.9. The standard InChI is InChI=1S/C17H23NO/c1-2-16(18-15-6-4-3-5-7-15)13-8-9-17-14(12-13)10-11-19-17/h3-4,8-9,12,15-16,18H,2,5-7,10-11H2,1H3. The van der Waals surface area contributed by atoms with Gasteiger partial charge in [0, 0.05) is 18.5 Å². The monoisotopic (exact) mass is 257 g/mol. The van der Waals surface area contributed by atoms with Crippen molar-refractivity contribution in [2.45, 2.75) is 51.1 Å². The van der Waals surface area contributed by atoms with Crippen molar-refractivity contribution in [3.05, 3.63) is 41.5 Å². The summed E-state index contributed by atoms with van der Waals surface area (Å²) in [5, 5.41) is 3.82. The van der Waals surface area contributed by atoms with Gasteiger partial charge >= 0.3 is 0 Å². The van der Waals surface area contributed by atoms with Crippen LogP contribution in [0.3, 0.4) is 0 Å². The van der Waals surface area contributed by atoms with Crippen LogP contribution in [0.5, 0.6) is 5.75 Å². The zero-order valence-electron chi connectivity index (χ0n) is 11.7. The van der Waals surface area contributed by atoms with Crippen molar-refractivity contribution in [2.24, 2.45) is 0 Å². The first-order chi connectivity index (χ1) is 9.36. The Kier molecular flexibility index (Phi) is 3.88. The number of hydrogen-bond acceptors (Lipinski definition) is 2. The van der Waals surface area contributed by atoms with Crippen LogP contribution in [0.25, 0.3) is 0 Å². The Hall–Kier alpha value is -1.28. The van der Waals surface area contributed by atoms with E-state index >= 15 is 0 Å². The van der Waals surface area contributed by atoms with Crippen molar-refractivity contribution >= 4 is 0 Å². The second kappa shape index (κ2) is 5.79. The summed E-state index contributed by atoms with van der Waals surface area (Å²) in [6.45, 7) is 3.11. The summed E-state index contributed by atoms with van der Waals surface area (Å²) >= 11 is 0. The van der Waals surface area contributed by atoms with Crippen molar-refractivity contribution in [3.63, 3.8) is 0 Å². The second-order valence-corrected chi connectivity index (χ2v) is 5.57. The van der Waals surface area contributed by atoms with E-state index in [1.165, 1.54) is 30.4 Å². The number of rotatable bonds is 4. The van der Waals surface area contributed by atoms with E-state index in [0.717, 1.165) is 25.2 Å². The largest absolute Gasteiger partial charge is 0.493 e. The first kappa shape index (κ1) is 12.7. The summed E-state index contributed by atoms with van der Waals surface area (Å²) < 4.78 is 5.59. The molecule has 0 saturated heterocycles. The molecule has 2 aliphatic rings. The number of nitrogens with one attached hydrogen (secondary N) is 1. The lowest BCUT2D eigenvalue weighted by Crippen LogP contribution is -2.33. The van der Waals surface area contributed by atoms with Gasteiger partial charge in [-0.15, -0.1) is 0 Å². The highest BCUT2D eigenvalue weighted by atomic mass is 16.5. The maximum Gasteiger partial charge on any atom is 0.122 e. The van der Waals surface area contributed by atoms with Crippen LogP contribution in [-0.2, 0) is 6.42 Å². The van der Waals surface area contributed by atoms with Gasteiger partial charge in [-0.3, -0.25) is 0 Å². The highest BCUT2D eigenvalue weighted by Crippen LogP contribution is 2.29. The first-order valence-electron chi connectivity index (χ1n) is 7.53. The minimum absolute atomic E-state index is 0.474. The molecule has 2 nitrogen and oxygen atoms in total. The molecule has 0 saturated carbocycles. The highest BCUT2D eigenvalue weighted by molar-refractivity contribution is 5.40. The minimum Gasteiger partial charge on any atom is -0.493 e. The molecule has 0 bridgehead atoms. The number of fused-ring (bicyclic) bond motifs is 1. The van der Waals surface area contributed by atoms with Gasteiger partial charge in [0.2, 0.25) is 0 Å². The van der Waals surface area contributed by atoms with Gasteiger partial charge in [-0.1, -0.05) is 31.2 Å². The van der Waals surface area contributed by atoms with Crippen LogP contribution in [0, 0.1) is 0 Å². The quantitative estimate of drug-likeness (QED) is 0.829. The number of benzene rings is 1. The predicted molar refractivity (Wildman–Crippen MR) is 78.6 cm³/mol. The van der Waals surface area contributed by atoms with Crippen molar-refractivity contribution in [2.75, 3.05) is 6.61 Å². The van der Waals surface area contributed by atoms with E-state index < -0.39 is 0 Å². The molecule has 1 aromatic carbocycles. The average Bonchev–Trinajstić information content (AvgIpc) is 2.93. The molecule has 0 radical (unpaired) electrons. The number of hydrogen-bond donors (Lipinski definition) is 1. The van der Waals surface area contributed by atoms with Crippen LogP contribution in [0.4, 0.5) is 0 Å². The Morgan fingerprint density at radius 1 is 1.37 bits per heavy atom. The Labute approximate surface area is 115 Å². The summed E-state index contributed by atoms with van der Waals surface area (Å²) in [5.74, 6) is 1.08. The Morgan fingerprint density at radius 3 is 3.11 bits per heavy atom. The fourth-order valence-electron chi connectivity index (χ4n) is 3.10. The van der Waals surface area contributed by atoms with Gasteiger partial charge in [0.1, 0.15) is 5.75 Å². The summed E-state index contributed by atoms with van der Waals surface area (Å²) in [7, 11) is 0. The van der Waals surface area contributed by atoms with Gasteiger partial charge in [0.25, 0.3) is 0 Å². The minimum atomic E-state index is 0.474. The van der Waals surface area contributed by atoms with E-state index in [0.29, 0.717) is 12.1 Å². The maximum atomic E-state index is 5.59. The van der Waals surface area contributed by atoms with E-state index in [9.17, 15) is 0 Å². The van der Waals surface area contributed by atoms with Crippen LogP contribution in [-0.4, -0.2) is 12.6 Å². The molecule has 2 atom stereocenters. The van der Waals surface area contributed by atoms with Gasteiger partial charge in [-0.2, -0.15) is 0 Å². The summed E-state index contributed by atoms with van der Waals surface area (Å²) in [5.41, 5.74) is 2.79. The van der Waals surface area contributed by atoms with Crippen molar-refractivity contribution in [1.29, 1.82) is 0 Å². The molecular formula is C17H23NO. The molecule has 1 aromatic rings. The molecule has 2 unspecified atom stereocenters. The molecular weight excluding hydrogens is 234 g/mol. The second-order valence-electron chi connectivity index (χ2n) is 5.57. The van der Waals surface area contributed by atoms with Crippen molar-refractivity contribution in [3.8, 4) is 5.75 Å². The topological polar surface area (TPSA) is 21.3 Å². The van der Waals surface area contributed by atoms with E-state index in [2.05, 4.69) is 42.6 Å². The number of allylic oxidation sites excluding steroid dienone is 1. The lowest BCUT2D eigenvalue weighted by atomic mass is 9.96. The Bertz CT molecular complexity index is 466. The third kappa shape index (κ3) is 2.84. The molecule has 19 heavy (non-hydrogen) atoms. The predicted octanol–water partition coefficient (Wildman–Crippen LogP) is 3.77.